The van der Waals surface area contributed by atoms with Crippen molar-refractivity contribution in [3.63, 3.8) is 0 Å². The number of carbonyl (C=O) groups is 1. The van der Waals surface area contributed by atoms with E-state index in [4.69, 9.17) is 5.11 Å². The molecule has 1 N–H and O–H groups in total. The Labute approximate surface area is 112 Å². The fraction of sp³-hybridized carbons (Fsp3) is 0.267. The lowest BCUT2D eigenvalue weighted by Crippen LogP contribution is -2.13. The summed E-state index contributed by atoms with van der Waals surface area (Å²) >= 11 is 0. The zero-order chi connectivity index (χ0) is 14.0. The maximum absolute atomic E-state index is 10.9. The Kier molecular flexibility index (Phi) is 3.34. The van der Waals surface area contributed by atoms with E-state index in [1.807, 2.05) is 24.3 Å². The zero-order valence-electron chi connectivity index (χ0n) is 11.2. The van der Waals surface area contributed by atoms with E-state index in [-0.39, 0.29) is 11.2 Å². The molecule has 0 bridgehead atoms. The molecule has 1 heterocycles. The van der Waals surface area contributed by atoms with Crippen LogP contribution in [0.4, 0.5) is 0 Å². The number of benzene rings is 1. The molecule has 0 saturated heterocycles. The molecular formula is C15H16N2O2. The van der Waals surface area contributed by atoms with Gasteiger partial charge in [-0.25, -0.2) is 14.8 Å². The van der Waals surface area contributed by atoms with E-state index in [2.05, 4.69) is 30.7 Å². The summed E-state index contributed by atoms with van der Waals surface area (Å²) in [5.41, 5.74) is 2.67. The van der Waals surface area contributed by atoms with Crippen LogP contribution >= 0.6 is 0 Å². The van der Waals surface area contributed by atoms with Crippen LogP contribution in [-0.2, 0) is 5.41 Å². The van der Waals surface area contributed by atoms with Crippen molar-refractivity contribution >= 4 is 5.97 Å². The smallest absolute Gasteiger partial charge is 0.373 e. The lowest BCUT2D eigenvalue weighted by Gasteiger charge is -2.22. The van der Waals surface area contributed by atoms with Gasteiger partial charge in [0.15, 0.2) is 0 Å². The summed E-state index contributed by atoms with van der Waals surface area (Å²) in [6, 6.07) is 9.62. The van der Waals surface area contributed by atoms with Gasteiger partial charge in [-0.2, -0.15) is 0 Å². The number of carboxylic acid groups (broad SMARTS) is 1. The SMILES string of the molecule is CC(C)(C)c1ccccc1-c1ccnc(C(=O)O)n1. The molecule has 0 saturated carbocycles. The Balaban J connectivity index is 2.60. The Bertz CT molecular complexity index is 616. The van der Waals surface area contributed by atoms with Crippen molar-refractivity contribution in [2.75, 3.05) is 0 Å². The Morgan fingerprint density at radius 1 is 1.16 bits per heavy atom. The van der Waals surface area contributed by atoms with Crippen molar-refractivity contribution < 1.29 is 9.90 Å². The number of nitrogens with zero attached hydrogens (tertiary/aromatic N) is 2. The average molecular weight is 256 g/mol. The van der Waals surface area contributed by atoms with Crippen molar-refractivity contribution in [1.82, 2.24) is 9.97 Å². The first-order valence-corrected chi connectivity index (χ1v) is 6.06. The third-order valence-corrected chi connectivity index (χ3v) is 2.86. The van der Waals surface area contributed by atoms with Crippen LogP contribution in [0.2, 0.25) is 0 Å². The summed E-state index contributed by atoms with van der Waals surface area (Å²) in [5, 5.41) is 8.96. The topological polar surface area (TPSA) is 63.1 Å². The first-order chi connectivity index (χ1) is 8.89. The lowest BCUT2D eigenvalue weighted by atomic mass is 9.83. The van der Waals surface area contributed by atoms with E-state index < -0.39 is 5.97 Å². The van der Waals surface area contributed by atoms with Crippen LogP contribution < -0.4 is 0 Å². The van der Waals surface area contributed by atoms with Gasteiger partial charge in [-0.3, -0.25) is 0 Å². The van der Waals surface area contributed by atoms with E-state index in [0.29, 0.717) is 5.69 Å². The van der Waals surface area contributed by atoms with Crippen LogP contribution in [0.5, 0.6) is 0 Å². The zero-order valence-corrected chi connectivity index (χ0v) is 11.2. The predicted octanol–water partition coefficient (Wildman–Crippen LogP) is 3.14. The van der Waals surface area contributed by atoms with Gasteiger partial charge in [0.05, 0.1) is 5.69 Å². The minimum atomic E-state index is -1.12. The number of hydrogen-bond acceptors (Lipinski definition) is 3. The molecule has 0 fully saturated rings. The molecule has 1 aromatic carbocycles. The fourth-order valence-corrected chi connectivity index (χ4v) is 1.97. The molecule has 4 heteroatoms. The first kappa shape index (κ1) is 13.2. The van der Waals surface area contributed by atoms with Gasteiger partial charge in [-0.15, -0.1) is 0 Å². The fourth-order valence-electron chi connectivity index (χ4n) is 1.97. The van der Waals surface area contributed by atoms with Crippen LogP contribution in [0, 0.1) is 0 Å². The van der Waals surface area contributed by atoms with Crippen molar-refractivity contribution in [2.24, 2.45) is 0 Å². The number of rotatable bonds is 2. The molecule has 0 aliphatic heterocycles. The number of aromatic nitrogens is 2. The third-order valence-electron chi connectivity index (χ3n) is 2.86. The molecule has 0 spiro atoms. The van der Waals surface area contributed by atoms with E-state index in [1.165, 1.54) is 6.20 Å². The van der Waals surface area contributed by atoms with Crippen LogP contribution in [-0.4, -0.2) is 21.0 Å². The Hall–Kier alpha value is -2.23. The van der Waals surface area contributed by atoms with Gasteiger partial charge in [0.25, 0.3) is 0 Å². The molecule has 19 heavy (non-hydrogen) atoms. The van der Waals surface area contributed by atoms with Gasteiger partial charge in [0, 0.05) is 11.8 Å². The molecule has 2 aromatic rings. The molecule has 0 aliphatic carbocycles. The monoisotopic (exact) mass is 256 g/mol. The largest absolute Gasteiger partial charge is 0.475 e. The van der Waals surface area contributed by atoms with Crippen LogP contribution in [0.1, 0.15) is 37.0 Å². The molecule has 0 amide bonds. The minimum Gasteiger partial charge on any atom is -0.475 e. The third kappa shape index (κ3) is 2.78. The van der Waals surface area contributed by atoms with Crippen molar-refractivity contribution in [1.29, 1.82) is 0 Å². The second kappa shape index (κ2) is 4.80. The molecular weight excluding hydrogens is 240 g/mol. The van der Waals surface area contributed by atoms with E-state index in [9.17, 15) is 4.79 Å². The molecule has 0 atom stereocenters. The summed E-state index contributed by atoms with van der Waals surface area (Å²) in [5.74, 6) is -1.30. The summed E-state index contributed by atoms with van der Waals surface area (Å²) in [4.78, 5) is 18.8. The van der Waals surface area contributed by atoms with E-state index in [1.54, 1.807) is 6.07 Å². The van der Waals surface area contributed by atoms with Gasteiger partial charge in [-0.05, 0) is 17.0 Å². The summed E-state index contributed by atoms with van der Waals surface area (Å²) < 4.78 is 0. The molecule has 2 rings (SSSR count). The second-order valence-corrected chi connectivity index (χ2v) is 5.37. The number of hydrogen-bond donors (Lipinski definition) is 1. The van der Waals surface area contributed by atoms with Crippen LogP contribution in [0.3, 0.4) is 0 Å². The minimum absolute atomic E-state index is 0.0368. The Morgan fingerprint density at radius 2 is 1.84 bits per heavy atom. The van der Waals surface area contributed by atoms with Crippen molar-refractivity contribution in [3.8, 4) is 11.3 Å². The normalized spacial score (nSPS) is 11.3. The van der Waals surface area contributed by atoms with E-state index >= 15 is 0 Å². The quantitative estimate of drug-likeness (QED) is 0.896. The molecule has 1 aromatic heterocycles. The molecule has 0 aliphatic rings. The maximum atomic E-state index is 10.9. The van der Waals surface area contributed by atoms with Gasteiger partial charge < -0.3 is 5.11 Å². The van der Waals surface area contributed by atoms with Crippen LogP contribution in [0.25, 0.3) is 11.3 Å². The lowest BCUT2D eigenvalue weighted by molar-refractivity contribution is 0.0683. The highest BCUT2D eigenvalue weighted by Gasteiger charge is 2.19. The van der Waals surface area contributed by atoms with Gasteiger partial charge >= 0.3 is 5.97 Å². The van der Waals surface area contributed by atoms with Crippen molar-refractivity contribution in [2.45, 2.75) is 26.2 Å². The highest BCUT2D eigenvalue weighted by Crippen LogP contribution is 2.31. The molecule has 4 nitrogen and oxygen atoms in total. The van der Waals surface area contributed by atoms with Gasteiger partial charge in [-0.1, -0.05) is 45.0 Å². The first-order valence-electron chi connectivity index (χ1n) is 6.06. The van der Waals surface area contributed by atoms with Crippen LogP contribution in [0.15, 0.2) is 36.5 Å². The Morgan fingerprint density at radius 3 is 2.47 bits per heavy atom. The molecule has 0 radical (unpaired) electrons. The maximum Gasteiger partial charge on any atom is 0.373 e. The number of carboxylic acids is 1. The molecule has 98 valence electrons. The summed E-state index contributed by atoms with van der Waals surface area (Å²) in [6.45, 7) is 6.35. The molecule has 0 unspecified atom stereocenters. The summed E-state index contributed by atoms with van der Waals surface area (Å²) in [7, 11) is 0. The number of aromatic carboxylic acids is 1. The average Bonchev–Trinajstić information content (AvgIpc) is 2.38. The predicted molar refractivity (Wildman–Crippen MR) is 73.1 cm³/mol. The van der Waals surface area contributed by atoms with Gasteiger partial charge in [0.1, 0.15) is 0 Å². The van der Waals surface area contributed by atoms with Crippen molar-refractivity contribution in [3.05, 3.63) is 47.9 Å². The highest BCUT2D eigenvalue weighted by molar-refractivity contribution is 5.84. The highest BCUT2D eigenvalue weighted by atomic mass is 16.4. The standard InChI is InChI=1S/C15H16N2O2/c1-15(2,3)11-7-5-4-6-10(11)12-8-9-16-13(17-12)14(18)19/h4-9H,1-3H3,(H,18,19). The summed E-state index contributed by atoms with van der Waals surface area (Å²) in [6.07, 6.45) is 1.48. The van der Waals surface area contributed by atoms with E-state index in [0.717, 1.165) is 11.1 Å². The van der Waals surface area contributed by atoms with Gasteiger partial charge in [0.2, 0.25) is 5.82 Å². The second-order valence-electron chi connectivity index (χ2n) is 5.37.